The predicted octanol–water partition coefficient (Wildman–Crippen LogP) is 0.902. The summed E-state index contributed by atoms with van der Waals surface area (Å²) in [4.78, 5) is 12.5. The van der Waals surface area contributed by atoms with Crippen LogP contribution in [-0.2, 0) is 11.2 Å². The molecule has 0 atom stereocenters. The van der Waals surface area contributed by atoms with Crippen LogP contribution in [0, 0.1) is 0 Å². The summed E-state index contributed by atoms with van der Waals surface area (Å²) in [6.45, 7) is 1.97. The summed E-state index contributed by atoms with van der Waals surface area (Å²) in [6.07, 6.45) is 2.24. The van der Waals surface area contributed by atoms with Crippen molar-refractivity contribution in [3.05, 3.63) is 11.8 Å². The zero-order valence-electron chi connectivity index (χ0n) is 7.77. The highest BCUT2D eigenvalue weighted by Gasteiger charge is 2.17. The van der Waals surface area contributed by atoms with E-state index in [2.05, 4.69) is 10.1 Å². The molecular weight excluding hydrogens is 184 g/mol. The second-order valence-corrected chi connectivity index (χ2v) is 3.42. The van der Waals surface area contributed by atoms with E-state index in [1.165, 1.54) is 12.8 Å². The molecule has 76 valence electrons. The molecule has 1 aromatic heterocycles. The first-order valence-corrected chi connectivity index (χ1v) is 4.68. The number of nitrogens with zero attached hydrogens (tertiary/aromatic N) is 2. The van der Waals surface area contributed by atoms with Crippen LogP contribution in [-0.4, -0.2) is 29.3 Å². The van der Waals surface area contributed by atoms with E-state index in [0.29, 0.717) is 5.76 Å². The van der Waals surface area contributed by atoms with Gasteiger partial charge in [0.25, 0.3) is 0 Å². The van der Waals surface area contributed by atoms with Gasteiger partial charge in [-0.25, -0.2) is 0 Å². The second kappa shape index (κ2) is 3.69. The van der Waals surface area contributed by atoms with E-state index in [1.54, 1.807) is 6.07 Å². The summed E-state index contributed by atoms with van der Waals surface area (Å²) < 4.78 is 4.92. The molecule has 1 aliphatic heterocycles. The maximum Gasteiger partial charge on any atom is 0.311 e. The lowest BCUT2D eigenvalue weighted by molar-refractivity contribution is -0.136. The van der Waals surface area contributed by atoms with E-state index in [0.717, 1.165) is 18.9 Å². The number of hydrogen-bond donors (Lipinski definition) is 1. The fraction of sp³-hybridized carbons (Fsp3) is 0.556. The van der Waals surface area contributed by atoms with Crippen molar-refractivity contribution in [3.8, 4) is 0 Å². The number of aromatic nitrogens is 1. The minimum Gasteiger partial charge on any atom is -0.481 e. The van der Waals surface area contributed by atoms with E-state index < -0.39 is 5.97 Å². The number of anilines is 1. The van der Waals surface area contributed by atoms with Gasteiger partial charge in [0.2, 0.25) is 0 Å². The molecule has 1 fully saturated rings. The van der Waals surface area contributed by atoms with Crippen LogP contribution in [0.5, 0.6) is 0 Å². The molecule has 14 heavy (non-hydrogen) atoms. The average Bonchev–Trinajstić information content (AvgIpc) is 2.69. The lowest BCUT2D eigenvalue weighted by atomic mass is 10.3. The van der Waals surface area contributed by atoms with E-state index in [-0.39, 0.29) is 6.42 Å². The second-order valence-electron chi connectivity index (χ2n) is 3.42. The van der Waals surface area contributed by atoms with Crippen LogP contribution in [0.25, 0.3) is 0 Å². The Hall–Kier alpha value is -1.52. The Morgan fingerprint density at radius 3 is 2.93 bits per heavy atom. The molecule has 0 saturated carbocycles. The number of rotatable bonds is 3. The fourth-order valence-electron chi connectivity index (χ4n) is 1.63. The van der Waals surface area contributed by atoms with Crippen LogP contribution >= 0.6 is 0 Å². The van der Waals surface area contributed by atoms with E-state index in [1.807, 2.05) is 0 Å². The lowest BCUT2D eigenvalue weighted by Crippen LogP contribution is -2.17. The van der Waals surface area contributed by atoms with Crippen molar-refractivity contribution in [2.45, 2.75) is 19.3 Å². The highest BCUT2D eigenvalue weighted by atomic mass is 16.5. The summed E-state index contributed by atoms with van der Waals surface area (Å²) in [5, 5.41) is 12.4. The summed E-state index contributed by atoms with van der Waals surface area (Å²) in [7, 11) is 0. The minimum atomic E-state index is -0.894. The molecule has 0 aromatic carbocycles. The predicted molar refractivity (Wildman–Crippen MR) is 49.3 cm³/mol. The zero-order valence-corrected chi connectivity index (χ0v) is 7.77. The number of carboxylic acid groups (broad SMARTS) is 1. The van der Waals surface area contributed by atoms with Gasteiger partial charge in [-0.3, -0.25) is 4.79 Å². The Bertz CT molecular complexity index is 329. The third kappa shape index (κ3) is 1.86. The molecular formula is C9H12N2O3. The molecule has 0 unspecified atom stereocenters. The maximum atomic E-state index is 10.4. The first-order valence-electron chi connectivity index (χ1n) is 4.68. The molecule has 0 aliphatic carbocycles. The van der Waals surface area contributed by atoms with Gasteiger partial charge in [-0.1, -0.05) is 5.16 Å². The zero-order chi connectivity index (χ0) is 9.97. The third-order valence-corrected chi connectivity index (χ3v) is 2.30. The molecule has 0 bridgehead atoms. The van der Waals surface area contributed by atoms with Crippen LogP contribution in [0.15, 0.2) is 10.6 Å². The summed E-state index contributed by atoms with van der Waals surface area (Å²) in [5.74, 6) is 0.285. The summed E-state index contributed by atoms with van der Waals surface area (Å²) in [5.41, 5.74) is 0. The smallest absolute Gasteiger partial charge is 0.311 e. The van der Waals surface area contributed by atoms with Crippen LogP contribution in [0.3, 0.4) is 0 Å². The van der Waals surface area contributed by atoms with Crippen molar-refractivity contribution >= 4 is 11.8 Å². The van der Waals surface area contributed by atoms with Crippen molar-refractivity contribution in [1.82, 2.24) is 5.16 Å². The molecule has 2 heterocycles. The lowest BCUT2D eigenvalue weighted by Gasteiger charge is -2.11. The molecule has 5 nitrogen and oxygen atoms in total. The molecule has 5 heteroatoms. The van der Waals surface area contributed by atoms with Gasteiger partial charge in [0.05, 0.1) is 0 Å². The highest BCUT2D eigenvalue weighted by Crippen LogP contribution is 2.19. The molecule has 0 amide bonds. The number of carboxylic acids is 1. The first kappa shape index (κ1) is 9.05. The van der Waals surface area contributed by atoms with Crippen molar-refractivity contribution in [2.24, 2.45) is 0 Å². The van der Waals surface area contributed by atoms with Gasteiger partial charge in [-0.2, -0.15) is 0 Å². The van der Waals surface area contributed by atoms with Gasteiger partial charge in [0.15, 0.2) is 5.82 Å². The van der Waals surface area contributed by atoms with Gasteiger partial charge in [0.1, 0.15) is 12.2 Å². The van der Waals surface area contributed by atoms with Gasteiger partial charge in [-0.15, -0.1) is 0 Å². The first-order chi connectivity index (χ1) is 6.75. The molecule has 1 aliphatic rings. The molecule has 1 saturated heterocycles. The molecule has 2 rings (SSSR count). The number of aliphatic carboxylic acids is 1. The van der Waals surface area contributed by atoms with Crippen LogP contribution in [0.4, 0.5) is 5.82 Å². The van der Waals surface area contributed by atoms with Gasteiger partial charge in [-0.05, 0) is 12.8 Å². The molecule has 1 aromatic rings. The highest BCUT2D eigenvalue weighted by molar-refractivity contribution is 5.69. The number of carbonyl (C=O) groups is 1. The quantitative estimate of drug-likeness (QED) is 0.778. The topological polar surface area (TPSA) is 66.6 Å². The SMILES string of the molecule is O=C(O)Cc1cc(N2CCCC2)no1. The standard InChI is InChI=1S/C9H12N2O3/c12-9(13)6-7-5-8(10-14-7)11-3-1-2-4-11/h5H,1-4,6H2,(H,12,13). The largest absolute Gasteiger partial charge is 0.481 e. The minimum absolute atomic E-state index is 0.0964. The fourth-order valence-corrected chi connectivity index (χ4v) is 1.63. The Labute approximate surface area is 81.3 Å². The van der Waals surface area contributed by atoms with Gasteiger partial charge >= 0.3 is 5.97 Å². The molecule has 0 radical (unpaired) electrons. The number of hydrogen-bond acceptors (Lipinski definition) is 4. The van der Waals surface area contributed by atoms with Crippen molar-refractivity contribution in [3.63, 3.8) is 0 Å². The van der Waals surface area contributed by atoms with Crippen molar-refractivity contribution < 1.29 is 14.4 Å². The molecule has 0 spiro atoms. The van der Waals surface area contributed by atoms with Gasteiger partial charge < -0.3 is 14.5 Å². The van der Waals surface area contributed by atoms with Crippen molar-refractivity contribution in [2.75, 3.05) is 18.0 Å². The summed E-state index contributed by atoms with van der Waals surface area (Å²) >= 11 is 0. The van der Waals surface area contributed by atoms with Gasteiger partial charge in [0, 0.05) is 19.2 Å². The Balaban J connectivity index is 2.05. The average molecular weight is 196 g/mol. The van der Waals surface area contributed by atoms with E-state index >= 15 is 0 Å². The van der Waals surface area contributed by atoms with E-state index in [4.69, 9.17) is 9.63 Å². The van der Waals surface area contributed by atoms with Crippen LogP contribution in [0.2, 0.25) is 0 Å². The monoisotopic (exact) mass is 196 g/mol. The Kier molecular flexibility index (Phi) is 2.39. The van der Waals surface area contributed by atoms with Crippen LogP contribution in [0.1, 0.15) is 18.6 Å². The van der Waals surface area contributed by atoms with E-state index in [9.17, 15) is 4.79 Å². The third-order valence-electron chi connectivity index (χ3n) is 2.30. The Morgan fingerprint density at radius 1 is 1.57 bits per heavy atom. The molecule has 1 N–H and O–H groups in total. The van der Waals surface area contributed by atoms with Crippen LogP contribution < -0.4 is 4.90 Å². The normalized spacial score (nSPS) is 16.1. The summed E-state index contributed by atoms with van der Waals surface area (Å²) in [6, 6.07) is 1.71. The maximum absolute atomic E-state index is 10.4. The van der Waals surface area contributed by atoms with Crippen molar-refractivity contribution in [1.29, 1.82) is 0 Å². The Morgan fingerprint density at radius 2 is 2.29 bits per heavy atom.